The van der Waals surface area contributed by atoms with E-state index in [9.17, 15) is 0 Å². The highest BCUT2D eigenvalue weighted by Crippen LogP contribution is 2.20. The summed E-state index contributed by atoms with van der Waals surface area (Å²) in [7, 11) is 0. The lowest BCUT2D eigenvalue weighted by Gasteiger charge is -2.08. The summed E-state index contributed by atoms with van der Waals surface area (Å²) in [5.74, 6) is 0. The number of ether oxygens (including phenoxy) is 1. The highest BCUT2D eigenvalue weighted by atomic mass is 35.5. The summed E-state index contributed by atoms with van der Waals surface area (Å²) in [6.07, 6.45) is 2.80. The van der Waals surface area contributed by atoms with E-state index in [-0.39, 0.29) is 0 Å². The normalized spacial score (nSPS) is 20.2. The fourth-order valence-electron chi connectivity index (χ4n) is 1.94. The number of hydrogen-bond donors (Lipinski definition) is 1. The lowest BCUT2D eigenvalue weighted by Crippen LogP contribution is -2.84. The summed E-state index contributed by atoms with van der Waals surface area (Å²) < 4.78 is 5.55. The van der Waals surface area contributed by atoms with Crippen molar-refractivity contribution in [3.05, 3.63) is 33.8 Å². The van der Waals surface area contributed by atoms with E-state index in [1.807, 2.05) is 12.1 Å². The number of hydrogen-bond acceptors (Lipinski definition) is 1. The van der Waals surface area contributed by atoms with Gasteiger partial charge in [0.15, 0.2) is 0 Å². The van der Waals surface area contributed by atoms with Crippen LogP contribution in [0.2, 0.25) is 10.0 Å². The van der Waals surface area contributed by atoms with Gasteiger partial charge in [-0.3, -0.25) is 0 Å². The Labute approximate surface area is 106 Å². The van der Waals surface area contributed by atoms with E-state index >= 15 is 0 Å². The first kappa shape index (κ1) is 12.2. The monoisotopic (exact) mass is 260 g/mol. The lowest BCUT2D eigenvalue weighted by atomic mass is 10.2. The second kappa shape index (κ2) is 5.87. The molecular weight excluding hydrogens is 245 g/mol. The Kier molecular flexibility index (Phi) is 4.47. The molecule has 88 valence electrons. The zero-order chi connectivity index (χ0) is 11.4. The molecule has 1 aliphatic heterocycles. The van der Waals surface area contributed by atoms with E-state index in [0.29, 0.717) is 11.1 Å². The Hall–Kier alpha value is -0.280. The van der Waals surface area contributed by atoms with Gasteiger partial charge in [-0.25, -0.2) is 0 Å². The largest absolute Gasteiger partial charge is 0.372 e. The minimum atomic E-state index is 0.422. The minimum absolute atomic E-state index is 0.422. The quantitative estimate of drug-likeness (QED) is 0.883. The molecule has 2 rings (SSSR count). The summed E-state index contributed by atoms with van der Waals surface area (Å²) in [5.41, 5.74) is 1.13. The summed E-state index contributed by atoms with van der Waals surface area (Å²) in [6, 6.07) is 5.65. The van der Waals surface area contributed by atoms with E-state index in [2.05, 4.69) is 5.32 Å². The molecule has 4 heteroatoms. The van der Waals surface area contributed by atoms with Gasteiger partial charge in [0.2, 0.25) is 0 Å². The Balaban J connectivity index is 1.80. The number of rotatable bonds is 4. The third kappa shape index (κ3) is 3.36. The molecule has 1 heterocycles. The van der Waals surface area contributed by atoms with Crippen LogP contribution >= 0.6 is 23.2 Å². The molecule has 0 spiro atoms. The first-order valence-electron chi connectivity index (χ1n) is 5.63. The third-order valence-electron chi connectivity index (χ3n) is 2.83. The zero-order valence-electron chi connectivity index (χ0n) is 9.09. The second-order valence-electron chi connectivity index (χ2n) is 4.10. The first-order chi connectivity index (χ1) is 7.75. The van der Waals surface area contributed by atoms with Crippen LogP contribution in [-0.2, 0) is 11.3 Å². The van der Waals surface area contributed by atoms with Crippen LogP contribution in [0.15, 0.2) is 18.2 Å². The van der Waals surface area contributed by atoms with Crippen molar-refractivity contribution >= 4 is 23.2 Å². The summed E-state index contributed by atoms with van der Waals surface area (Å²) in [4.78, 5) is 0. The van der Waals surface area contributed by atoms with Crippen LogP contribution < -0.4 is 5.32 Å². The number of halogens is 2. The van der Waals surface area contributed by atoms with Crippen molar-refractivity contribution < 1.29 is 10.1 Å². The molecule has 2 N–H and O–H groups in total. The van der Waals surface area contributed by atoms with Crippen LogP contribution in [0.25, 0.3) is 0 Å². The van der Waals surface area contributed by atoms with Crippen molar-refractivity contribution in [1.82, 2.24) is 0 Å². The zero-order valence-corrected chi connectivity index (χ0v) is 10.6. The molecule has 0 saturated carbocycles. The molecule has 0 radical (unpaired) electrons. The molecule has 1 aromatic carbocycles. The van der Waals surface area contributed by atoms with Crippen LogP contribution in [0.3, 0.4) is 0 Å². The molecule has 0 unspecified atom stereocenters. The van der Waals surface area contributed by atoms with Crippen LogP contribution in [0.4, 0.5) is 0 Å². The first-order valence-corrected chi connectivity index (χ1v) is 6.38. The van der Waals surface area contributed by atoms with Gasteiger partial charge in [0.1, 0.15) is 19.2 Å². The van der Waals surface area contributed by atoms with Gasteiger partial charge in [-0.15, -0.1) is 0 Å². The molecule has 1 saturated heterocycles. The SMILES string of the molecule is Clc1ccc(C[NH2+]C[C@H]2CCCO2)c(Cl)c1. The van der Waals surface area contributed by atoms with E-state index < -0.39 is 0 Å². The molecule has 0 aliphatic carbocycles. The maximum Gasteiger partial charge on any atom is 0.106 e. The summed E-state index contributed by atoms with van der Waals surface area (Å²) >= 11 is 11.9. The Morgan fingerprint density at radius 2 is 2.25 bits per heavy atom. The van der Waals surface area contributed by atoms with Crippen LogP contribution in [-0.4, -0.2) is 19.3 Å². The predicted octanol–water partition coefficient (Wildman–Crippen LogP) is 2.24. The van der Waals surface area contributed by atoms with Crippen molar-refractivity contribution in [2.75, 3.05) is 13.2 Å². The summed E-state index contributed by atoms with van der Waals surface area (Å²) in [5, 5.41) is 3.68. The predicted molar refractivity (Wildman–Crippen MR) is 65.9 cm³/mol. The minimum Gasteiger partial charge on any atom is -0.372 e. The van der Waals surface area contributed by atoms with E-state index in [0.717, 1.165) is 30.3 Å². The molecule has 16 heavy (non-hydrogen) atoms. The number of nitrogens with two attached hydrogens (primary N) is 1. The maximum atomic E-state index is 6.09. The molecule has 0 bridgehead atoms. The van der Waals surface area contributed by atoms with Gasteiger partial charge in [-0.05, 0) is 25.0 Å². The average Bonchev–Trinajstić information content (AvgIpc) is 2.74. The lowest BCUT2D eigenvalue weighted by molar-refractivity contribution is -0.676. The van der Waals surface area contributed by atoms with Crippen molar-refractivity contribution in [2.24, 2.45) is 0 Å². The second-order valence-corrected chi connectivity index (χ2v) is 4.94. The van der Waals surface area contributed by atoms with Gasteiger partial charge in [-0.2, -0.15) is 0 Å². The van der Waals surface area contributed by atoms with E-state index in [4.69, 9.17) is 27.9 Å². The van der Waals surface area contributed by atoms with Crippen molar-refractivity contribution in [1.29, 1.82) is 0 Å². The van der Waals surface area contributed by atoms with Gasteiger partial charge in [0.25, 0.3) is 0 Å². The highest BCUT2D eigenvalue weighted by Gasteiger charge is 2.16. The molecule has 1 aromatic rings. The smallest absolute Gasteiger partial charge is 0.106 e. The Morgan fingerprint density at radius 3 is 2.94 bits per heavy atom. The fourth-order valence-corrected chi connectivity index (χ4v) is 2.43. The molecule has 1 aliphatic rings. The van der Waals surface area contributed by atoms with Crippen LogP contribution in [0.1, 0.15) is 18.4 Å². The average molecular weight is 261 g/mol. The van der Waals surface area contributed by atoms with Gasteiger partial charge >= 0.3 is 0 Å². The van der Waals surface area contributed by atoms with Crippen molar-refractivity contribution in [2.45, 2.75) is 25.5 Å². The standard InChI is InChI=1S/C12H15Cl2NO/c13-10-4-3-9(12(14)6-10)7-15-8-11-2-1-5-16-11/h3-4,6,11,15H,1-2,5,7-8H2/p+1/t11-/m1/s1. The molecule has 1 fully saturated rings. The summed E-state index contributed by atoms with van der Waals surface area (Å²) in [6.45, 7) is 2.81. The molecule has 2 nitrogen and oxygen atoms in total. The molecule has 1 atom stereocenters. The van der Waals surface area contributed by atoms with Crippen molar-refractivity contribution in [3.63, 3.8) is 0 Å². The van der Waals surface area contributed by atoms with Crippen LogP contribution in [0, 0.1) is 0 Å². The number of quaternary nitrogens is 1. The molecule has 0 aromatic heterocycles. The van der Waals surface area contributed by atoms with Gasteiger partial charge < -0.3 is 10.1 Å². The van der Waals surface area contributed by atoms with Gasteiger partial charge in [-0.1, -0.05) is 29.3 Å². The topological polar surface area (TPSA) is 25.8 Å². The third-order valence-corrected chi connectivity index (χ3v) is 3.42. The van der Waals surface area contributed by atoms with Crippen LogP contribution in [0.5, 0.6) is 0 Å². The fraction of sp³-hybridized carbons (Fsp3) is 0.500. The Bertz CT molecular complexity index is 351. The van der Waals surface area contributed by atoms with Gasteiger partial charge in [0, 0.05) is 17.2 Å². The Morgan fingerprint density at radius 1 is 1.38 bits per heavy atom. The van der Waals surface area contributed by atoms with E-state index in [1.54, 1.807) is 6.07 Å². The van der Waals surface area contributed by atoms with E-state index in [1.165, 1.54) is 12.8 Å². The highest BCUT2D eigenvalue weighted by molar-refractivity contribution is 6.35. The molecular formula is C12H16Cl2NO+. The van der Waals surface area contributed by atoms with Gasteiger partial charge in [0.05, 0.1) is 5.02 Å². The maximum absolute atomic E-state index is 6.09. The van der Waals surface area contributed by atoms with Crippen molar-refractivity contribution in [3.8, 4) is 0 Å². The molecule has 0 amide bonds. The number of benzene rings is 1.